The minimum atomic E-state index is -0.351. The third-order valence-electron chi connectivity index (χ3n) is 4.27. The van der Waals surface area contributed by atoms with E-state index in [4.69, 9.17) is 33.8 Å². The predicted octanol–water partition coefficient (Wildman–Crippen LogP) is 5.79. The number of halogens is 2. The SMILES string of the molecule is NN(C(=O)c1cccc2cc[nH]c12)c1ccc(Oc2ccc(Cl)cc2)c(Cl)c1. The fourth-order valence-electron chi connectivity index (χ4n) is 2.86. The zero-order valence-corrected chi connectivity index (χ0v) is 16.0. The second kappa shape index (κ2) is 7.56. The predicted molar refractivity (Wildman–Crippen MR) is 112 cm³/mol. The topological polar surface area (TPSA) is 71.3 Å². The van der Waals surface area contributed by atoms with Crippen LogP contribution >= 0.6 is 23.2 Å². The van der Waals surface area contributed by atoms with E-state index in [2.05, 4.69) is 4.98 Å². The first-order chi connectivity index (χ1) is 13.5. The lowest BCUT2D eigenvalue weighted by atomic mass is 10.1. The number of aromatic amines is 1. The van der Waals surface area contributed by atoms with Crippen molar-refractivity contribution in [2.75, 3.05) is 5.01 Å². The number of carbonyl (C=O) groups is 1. The van der Waals surface area contributed by atoms with E-state index in [1.807, 2.05) is 18.2 Å². The highest BCUT2D eigenvalue weighted by Crippen LogP contribution is 2.33. The number of nitrogens with two attached hydrogens (primary N) is 1. The molecule has 3 N–H and O–H groups in total. The molecule has 3 aromatic carbocycles. The number of H-pyrrole nitrogens is 1. The molecule has 0 saturated carbocycles. The molecule has 0 radical (unpaired) electrons. The molecule has 0 aliphatic carbocycles. The first-order valence-corrected chi connectivity index (χ1v) is 9.17. The largest absolute Gasteiger partial charge is 0.456 e. The molecule has 7 heteroatoms. The molecule has 0 fully saturated rings. The maximum Gasteiger partial charge on any atom is 0.274 e. The molecule has 0 unspecified atom stereocenters. The van der Waals surface area contributed by atoms with Crippen molar-refractivity contribution in [3.63, 3.8) is 0 Å². The van der Waals surface area contributed by atoms with E-state index < -0.39 is 0 Å². The lowest BCUT2D eigenvalue weighted by Crippen LogP contribution is -2.37. The molecular weight excluding hydrogens is 397 g/mol. The number of ether oxygens (including phenoxy) is 1. The maximum atomic E-state index is 12.9. The fraction of sp³-hybridized carbons (Fsp3) is 0. The number of nitrogens with zero attached hydrogens (tertiary/aromatic N) is 1. The molecule has 0 aliphatic heterocycles. The number of nitrogens with one attached hydrogen (secondary N) is 1. The highest BCUT2D eigenvalue weighted by Gasteiger charge is 2.18. The van der Waals surface area contributed by atoms with Gasteiger partial charge in [0.05, 0.1) is 21.8 Å². The number of rotatable bonds is 4. The second-order valence-electron chi connectivity index (χ2n) is 6.09. The van der Waals surface area contributed by atoms with Crippen molar-refractivity contribution in [3.05, 3.63) is 88.5 Å². The van der Waals surface area contributed by atoms with Crippen LogP contribution in [0.2, 0.25) is 10.0 Å². The summed E-state index contributed by atoms with van der Waals surface area (Å²) in [6.45, 7) is 0. The van der Waals surface area contributed by atoms with Crippen molar-refractivity contribution in [1.29, 1.82) is 0 Å². The van der Waals surface area contributed by atoms with Crippen LogP contribution in [0.25, 0.3) is 10.9 Å². The molecule has 1 heterocycles. The highest BCUT2D eigenvalue weighted by molar-refractivity contribution is 6.32. The number of benzene rings is 3. The van der Waals surface area contributed by atoms with Gasteiger partial charge in [-0.05, 0) is 54.6 Å². The van der Waals surface area contributed by atoms with E-state index in [-0.39, 0.29) is 5.91 Å². The van der Waals surface area contributed by atoms with Gasteiger partial charge in [-0.25, -0.2) is 10.9 Å². The van der Waals surface area contributed by atoms with Crippen LogP contribution in [0.15, 0.2) is 72.9 Å². The third-order valence-corrected chi connectivity index (χ3v) is 4.82. The third kappa shape index (κ3) is 3.55. The smallest absolute Gasteiger partial charge is 0.274 e. The average Bonchev–Trinajstić information content (AvgIpc) is 3.19. The number of aromatic nitrogens is 1. The number of hydrogen-bond donors (Lipinski definition) is 2. The normalized spacial score (nSPS) is 10.8. The van der Waals surface area contributed by atoms with Gasteiger partial charge in [0, 0.05) is 16.6 Å². The summed E-state index contributed by atoms with van der Waals surface area (Å²) >= 11 is 12.2. The molecular formula is C21H15Cl2N3O2. The maximum absolute atomic E-state index is 12.9. The summed E-state index contributed by atoms with van der Waals surface area (Å²) in [5, 5.41) is 2.94. The van der Waals surface area contributed by atoms with Crippen molar-refractivity contribution < 1.29 is 9.53 Å². The number of hydrogen-bond acceptors (Lipinski definition) is 3. The van der Waals surface area contributed by atoms with E-state index in [1.165, 1.54) is 0 Å². The van der Waals surface area contributed by atoms with Crippen LogP contribution in [0, 0.1) is 0 Å². The zero-order chi connectivity index (χ0) is 19.7. The van der Waals surface area contributed by atoms with Crippen LogP contribution in [0.4, 0.5) is 5.69 Å². The quantitative estimate of drug-likeness (QED) is 0.253. The Morgan fingerprint density at radius 1 is 1.00 bits per heavy atom. The minimum absolute atomic E-state index is 0.328. The van der Waals surface area contributed by atoms with Crippen LogP contribution < -0.4 is 15.6 Å². The van der Waals surface area contributed by atoms with Gasteiger partial charge in [0.25, 0.3) is 5.91 Å². The summed E-state index contributed by atoms with van der Waals surface area (Å²) in [4.78, 5) is 15.9. The Morgan fingerprint density at radius 3 is 2.54 bits per heavy atom. The molecule has 4 rings (SSSR count). The number of hydrazine groups is 1. The number of carbonyl (C=O) groups excluding carboxylic acids is 1. The van der Waals surface area contributed by atoms with Gasteiger partial charge < -0.3 is 9.72 Å². The van der Waals surface area contributed by atoms with E-state index in [0.717, 1.165) is 15.9 Å². The summed E-state index contributed by atoms with van der Waals surface area (Å²) in [7, 11) is 0. The summed E-state index contributed by atoms with van der Waals surface area (Å²) < 4.78 is 5.75. The Hall–Kier alpha value is -2.99. The number of amides is 1. The van der Waals surface area contributed by atoms with Gasteiger partial charge in [-0.1, -0.05) is 35.3 Å². The molecule has 0 bridgehead atoms. The van der Waals surface area contributed by atoms with E-state index in [9.17, 15) is 4.79 Å². The lowest BCUT2D eigenvalue weighted by Gasteiger charge is -2.18. The van der Waals surface area contributed by atoms with Crippen LogP contribution in [-0.2, 0) is 0 Å². The van der Waals surface area contributed by atoms with Gasteiger partial charge in [-0.15, -0.1) is 0 Å². The fourth-order valence-corrected chi connectivity index (χ4v) is 3.20. The van der Waals surface area contributed by atoms with E-state index >= 15 is 0 Å². The summed E-state index contributed by atoms with van der Waals surface area (Å²) in [6, 6.07) is 19.2. The standard InChI is InChI=1S/C21H15Cl2N3O2/c22-14-4-7-16(8-5-14)28-19-9-6-15(12-18(19)23)26(24)21(27)17-3-1-2-13-10-11-25-20(13)17/h1-12,25H,24H2. The second-order valence-corrected chi connectivity index (χ2v) is 6.94. The summed E-state index contributed by atoms with van der Waals surface area (Å²) in [5.74, 6) is 6.76. The van der Waals surface area contributed by atoms with Gasteiger partial charge in [0.15, 0.2) is 0 Å². The van der Waals surface area contributed by atoms with Gasteiger partial charge in [0.2, 0.25) is 0 Å². The van der Waals surface area contributed by atoms with Gasteiger partial charge >= 0.3 is 0 Å². The molecule has 1 amide bonds. The molecule has 4 aromatic rings. The van der Waals surface area contributed by atoms with Crippen molar-refractivity contribution in [2.24, 2.45) is 5.84 Å². The van der Waals surface area contributed by atoms with Gasteiger partial charge in [0.1, 0.15) is 11.5 Å². The van der Waals surface area contributed by atoms with E-state index in [1.54, 1.807) is 54.7 Å². The van der Waals surface area contributed by atoms with Crippen molar-refractivity contribution in [3.8, 4) is 11.5 Å². The zero-order valence-electron chi connectivity index (χ0n) is 14.5. The number of para-hydroxylation sites is 1. The van der Waals surface area contributed by atoms with Crippen molar-refractivity contribution in [2.45, 2.75) is 0 Å². The molecule has 1 aromatic heterocycles. The highest BCUT2D eigenvalue weighted by atomic mass is 35.5. The Kier molecular flexibility index (Phi) is 4.96. The average molecular weight is 412 g/mol. The molecule has 28 heavy (non-hydrogen) atoms. The van der Waals surface area contributed by atoms with Crippen LogP contribution in [-0.4, -0.2) is 10.9 Å². The summed E-state index contributed by atoms with van der Waals surface area (Å²) in [6.07, 6.45) is 1.78. The van der Waals surface area contributed by atoms with Crippen LogP contribution in [0.3, 0.4) is 0 Å². The van der Waals surface area contributed by atoms with Crippen molar-refractivity contribution in [1.82, 2.24) is 4.98 Å². The molecule has 0 saturated heterocycles. The van der Waals surface area contributed by atoms with Gasteiger partial charge in [-0.2, -0.15) is 0 Å². The first-order valence-electron chi connectivity index (χ1n) is 8.41. The minimum Gasteiger partial charge on any atom is -0.456 e. The van der Waals surface area contributed by atoms with Crippen LogP contribution in [0.1, 0.15) is 10.4 Å². The Labute approximate surface area is 171 Å². The Balaban J connectivity index is 1.58. The summed E-state index contributed by atoms with van der Waals surface area (Å²) in [5.41, 5.74) is 1.65. The first kappa shape index (κ1) is 18.4. The lowest BCUT2D eigenvalue weighted by molar-refractivity contribution is 0.0988. The molecule has 0 aliphatic rings. The monoisotopic (exact) mass is 411 g/mol. The van der Waals surface area contributed by atoms with Crippen molar-refractivity contribution >= 4 is 45.7 Å². The van der Waals surface area contributed by atoms with Crippen LogP contribution in [0.5, 0.6) is 11.5 Å². The molecule has 0 atom stereocenters. The molecule has 0 spiro atoms. The molecule has 5 nitrogen and oxygen atoms in total. The Morgan fingerprint density at radius 2 is 1.79 bits per heavy atom. The van der Waals surface area contributed by atoms with Gasteiger partial charge in [-0.3, -0.25) is 4.79 Å². The van der Waals surface area contributed by atoms with E-state index in [0.29, 0.717) is 32.8 Å². The molecule has 140 valence electrons. The number of anilines is 1. The number of fused-ring (bicyclic) bond motifs is 1. The Bertz CT molecular complexity index is 1160.